The van der Waals surface area contributed by atoms with Gasteiger partial charge in [-0.25, -0.2) is 0 Å². The summed E-state index contributed by atoms with van der Waals surface area (Å²) in [6, 6.07) is 0. The average molecular weight is 298 g/mol. The van der Waals surface area contributed by atoms with E-state index in [1.807, 2.05) is 4.90 Å². The van der Waals surface area contributed by atoms with Crippen LogP contribution in [0.25, 0.3) is 0 Å². The quantitative estimate of drug-likeness (QED) is 0.669. The smallest absolute Gasteiger partial charge is 0.226 e. The first-order valence-corrected chi connectivity index (χ1v) is 11.4. The summed E-state index contributed by atoms with van der Waals surface area (Å²) in [7, 11) is -1.47. The van der Waals surface area contributed by atoms with Crippen molar-refractivity contribution in [2.24, 2.45) is 11.3 Å². The Labute approximate surface area is 127 Å². The van der Waals surface area contributed by atoms with Crippen LogP contribution in [0.15, 0.2) is 0 Å². The molecule has 1 fully saturated rings. The van der Waals surface area contributed by atoms with E-state index in [9.17, 15) is 4.79 Å². The predicted molar refractivity (Wildman–Crippen MR) is 90.8 cm³/mol. The van der Waals surface area contributed by atoms with Gasteiger partial charge in [0.25, 0.3) is 0 Å². The number of rotatable bonds is 5. The molecule has 0 bridgehead atoms. The summed E-state index contributed by atoms with van der Waals surface area (Å²) >= 11 is 0. The molecule has 0 aromatic rings. The van der Waals surface area contributed by atoms with Crippen LogP contribution < -0.4 is 0 Å². The van der Waals surface area contributed by atoms with Crippen LogP contribution in [0.2, 0.25) is 23.7 Å². The van der Waals surface area contributed by atoms with E-state index in [1.165, 1.54) is 0 Å². The van der Waals surface area contributed by atoms with E-state index in [0.29, 0.717) is 16.5 Å². The molecule has 1 saturated carbocycles. The van der Waals surface area contributed by atoms with Gasteiger partial charge in [-0.3, -0.25) is 4.79 Å². The second-order valence-electron chi connectivity index (χ2n) is 8.30. The summed E-state index contributed by atoms with van der Waals surface area (Å²) in [5, 5.41) is 0.354. The first-order chi connectivity index (χ1) is 8.98. The molecule has 0 spiro atoms. The van der Waals surface area contributed by atoms with E-state index in [1.54, 1.807) is 0 Å². The molecular weight excluding hydrogens is 262 g/mol. The third-order valence-electron chi connectivity index (χ3n) is 6.46. The lowest BCUT2D eigenvalue weighted by Crippen LogP contribution is -2.40. The van der Waals surface area contributed by atoms with Crippen molar-refractivity contribution in [1.82, 2.24) is 4.90 Å². The highest BCUT2D eigenvalue weighted by Crippen LogP contribution is 2.73. The summed E-state index contributed by atoms with van der Waals surface area (Å²) in [4.78, 5) is 14.9. The summed E-state index contributed by atoms with van der Waals surface area (Å²) in [6.07, 6.45) is 1.13. The van der Waals surface area contributed by atoms with Crippen molar-refractivity contribution in [3.8, 4) is 0 Å². The zero-order valence-electron chi connectivity index (χ0n) is 15.1. The Bertz CT molecular complexity index is 368. The van der Waals surface area contributed by atoms with Crippen molar-refractivity contribution >= 4 is 14.0 Å². The van der Waals surface area contributed by atoms with Crippen LogP contribution in [0.4, 0.5) is 0 Å². The Balaban J connectivity index is 3.08. The Kier molecular flexibility index (Phi) is 4.85. The minimum absolute atomic E-state index is 0.239. The maximum atomic E-state index is 12.9. The van der Waals surface area contributed by atoms with Gasteiger partial charge in [0.05, 0.1) is 8.07 Å². The molecular formula is C17H35NOSi. The van der Waals surface area contributed by atoms with Crippen LogP contribution in [-0.2, 0) is 4.79 Å². The molecule has 0 aromatic heterocycles. The van der Waals surface area contributed by atoms with Crippen LogP contribution >= 0.6 is 0 Å². The molecule has 0 unspecified atom stereocenters. The van der Waals surface area contributed by atoms with Crippen molar-refractivity contribution in [3.05, 3.63) is 0 Å². The standard InChI is InChI=1S/C17H35NOSi/c1-10-17(7)13(15(19)18(11-2)12-3)14(17)20(8,9)16(4,5)6/h13-14H,10-12H2,1-9H3/t13-,14-,17+/m1/s1. The van der Waals surface area contributed by atoms with E-state index >= 15 is 0 Å². The summed E-state index contributed by atoms with van der Waals surface area (Å²) in [5.74, 6) is 0.683. The second-order valence-corrected chi connectivity index (χ2v) is 13.9. The van der Waals surface area contributed by atoms with E-state index < -0.39 is 8.07 Å². The van der Waals surface area contributed by atoms with Gasteiger partial charge in [0.15, 0.2) is 0 Å². The molecule has 0 heterocycles. The van der Waals surface area contributed by atoms with Crippen LogP contribution in [-0.4, -0.2) is 32.0 Å². The van der Waals surface area contributed by atoms with E-state index in [0.717, 1.165) is 19.5 Å². The number of nitrogens with zero attached hydrogens (tertiary/aromatic N) is 1. The molecule has 0 saturated heterocycles. The number of carbonyl (C=O) groups is 1. The highest BCUT2D eigenvalue weighted by Gasteiger charge is 2.70. The molecule has 1 rings (SSSR count). The Morgan fingerprint density at radius 3 is 1.90 bits per heavy atom. The number of carbonyl (C=O) groups excluding carboxylic acids is 1. The molecule has 3 atom stereocenters. The van der Waals surface area contributed by atoms with Gasteiger partial charge in [0.1, 0.15) is 0 Å². The third-order valence-corrected chi connectivity index (χ3v) is 12.9. The number of hydrogen-bond donors (Lipinski definition) is 0. The van der Waals surface area contributed by atoms with Crippen molar-refractivity contribution < 1.29 is 4.79 Å². The zero-order valence-corrected chi connectivity index (χ0v) is 16.1. The van der Waals surface area contributed by atoms with E-state index in [2.05, 4.69) is 61.6 Å². The SMILES string of the molecule is CCN(CC)C(=O)[C@H]1[C@@H]([Si](C)(C)C(C)(C)C)[C@@]1(C)CC. The first kappa shape index (κ1) is 17.7. The zero-order chi connectivity index (χ0) is 15.9. The van der Waals surface area contributed by atoms with Gasteiger partial charge in [-0.15, -0.1) is 0 Å². The van der Waals surface area contributed by atoms with Gasteiger partial charge in [0, 0.05) is 19.0 Å². The predicted octanol–water partition coefficient (Wildman–Crippen LogP) is 4.78. The summed E-state index contributed by atoms with van der Waals surface area (Å²) in [6.45, 7) is 22.6. The highest BCUT2D eigenvalue weighted by molar-refractivity contribution is 6.82. The molecule has 20 heavy (non-hydrogen) atoms. The molecule has 0 aliphatic heterocycles. The minimum atomic E-state index is -1.47. The van der Waals surface area contributed by atoms with Gasteiger partial charge in [-0.05, 0) is 36.3 Å². The largest absolute Gasteiger partial charge is 0.343 e. The molecule has 0 aromatic carbocycles. The molecule has 1 aliphatic carbocycles. The fourth-order valence-corrected chi connectivity index (χ4v) is 8.09. The average Bonchev–Trinajstić information content (AvgIpc) is 2.97. The Morgan fingerprint density at radius 1 is 1.15 bits per heavy atom. The highest BCUT2D eigenvalue weighted by atomic mass is 28.3. The topological polar surface area (TPSA) is 20.3 Å². The third kappa shape index (κ3) is 2.58. The van der Waals surface area contributed by atoms with Crippen LogP contribution in [0, 0.1) is 11.3 Å². The monoisotopic (exact) mass is 297 g/mol. The molecule has 0 N–H and O–H groups in total. The van der Waals surface area contributed by atoms with E-state index in [-0.39, 0.29) is 11.3 Å². The molecule has 1 amide bonds. The van der Waals surface area contributed by atoms with Gasteiger partial charge in [-0.2, -0.15) is 0 Å². The van der Waals surface area contributed by atoms with Gasteiger partial charge >= 0.3 is 0 Å². The lowest BCUT2D eigenvalue weighted by molar-refractivity contribution is -0.133. The second kappa shape index (κ2) is 5.47. The van der Waals surface area contributed by atoms with Crippen molar-refractivity contribution in [1.29, 1.82) is 0 Å². The summed E-state index contributed by atoms with van der Waals surface area (Å²) in [5.41, 5.74) is 0.871. The first-order valence-electron chi connectivity index (χ1n) is 8.27. The maximum Gasteiger partial charge on any atom is 0.226 e. The fourth-order valence-electron chi connectivity index (χ4n) is 3.87. The molecule has 3 heteroatoms. The molecule has 1 aliphatic rings. The van der Waals surface area contributed by atoms with Crippen molar-refractivity contribution in [2.75, 3.05) is 13.1 Å². The van der Waals surface area contributed by atoms with Crippen LogP contribution in [0.1, 0.15) is 54.9 Å². The van der Waals surface area contributed by atoms with E-state index in [4.69, 9.17) is 0 Å². The molecule has 2 nitrogen and oxygen atoms in total. The van der Waals surface area contributed by atoms with Gasteiger partial charge in [-0.1, -0.05) is 47.7 Å². The normalized spacial score (nSPS) is 30.2. The van der Waals surface area contributed by atoms with Crippen molar-refractivity contribution in [2.45, 2.75) is 78.6 Å². The van der Waals surface area contributed by atoms with Crippen LogP contribution in [0.5, 0.6) is 0 Å². The molecule has 118 valence electrons. The van der Waals surface area contributed by atoms with Crippen molar-refractivity contribution in [3.63, 3.8) is 0 Å². The molecule has 0 radical (unpaired) electrons. The fraction of sp³-hybridized carbons (Fsp3) is 0.941. The Morgan fingerprint density at radius 2 is 1.60 bits per heavy atom. The maximum absolute atomic E-state index is 12.9. The van der Waals surface area contributed by atoms with Crippen LogP contribution in [0.3, 0.4) is 0 Å². The summed E-state index contributed by atoms with van der Waals surface area (Å²) < 4.78 is 0. The van der Waals surface area contributed by atoms with Gasteiger partial charge < -0.3 is 4.90 Å². The number of hydrogen-bond acceptors (Lipinski definition) is 1. The Hall–Kier alpha value is -0.313. The minimum Gasteiger partial charge on any atom is -0.343 e. The van der Waals surface area contributed by atoms with Gasteiger partial charge in [0.2, 0.25) is 5.91 Å². The lowest BCUT2D eigenvalue weighted by Gasteiger charge is -2.39. The number of amides is 1. The lowest BCUT2D eigenvalue weighted by atomic mass is 10.0.